The molecule has 0 fully saturated rings. The molecule has 0 saturated heterocycles. The van der Waals surface area contributed by atoms with Crippen LogP contribution in [0, 0.1) is 6.92 Å². The van der Waals surface area contributed by atoms with Gasteiger partial charge in [-0.15, -0.1) is 10.2 Å². The summed E-state index contributed by atoms with van der Waals surface area (Å²) in [4.78, 5) is 12.5. The van der Waals surface area contributed by atoms with Gasteiger partial charge in [-0.2, -0.15) is 0 Å². The van der Waals surface area contributed by atoms with E-state index in [9.17, 15) is 13.2 Å². The maximum absolute atomic E-state index is 13.2. The molecule has 0 aliphatic carbocycles. The molecule has 33 heavy (non-hydrogen) atoms. The van der Waals surface area contributed by atoms with Gasteiger partial charge in [-0.05, 0) is 38.0 Å². The quantitative estimate of drug-likeness (QED) is 0.477. The maximum Gasteiger partial charge on any atom is 0.270 e. The van der Waals surface area contributed by atoms with Crippen LogP contribution in [0.5, 0.6) is 5.75 Å². The third-order valence-corrected chi connectivity index (χ3v) is 8.60. The molecule has 174 valence electrons. The molecule has 1 atom stereocenters. The van der Waals surface area contributed by atoms with E-state index in [0.29, 0.717) is 17.7 Å². The van der Waals surface area contributed by atoms with E-state index in [-0.39, 0.29) is 15.4 Å². The van der Waals surface area contributed by atoms with Crippen molar-refractivity contribution in [1.82, 2.24) is 14.9 Å². The molecule has 1 amide bonds. The Balaban J connectivity index is 1.55. The summed E-state index contributed by atoms with van der Waals surface area (Å²) in [6.07, 6.45) is 2.01. The standard InChI is InChI=1S/C23H26N4O4S2/c1-4-23(5-2)14-18(17-11-6-7-12-19(17)31-23)27-33(29,30)22-26-25-21(32-22)24-20(28)16-10-8-9-15(3)13-16/h6-13,18,27H,4-5,14H2,1-3H3,(H,24,25,28)/t18-/m1/s1. The number of aryl methyl sites for hydroxylation is 1. The molecule has 0 bridgehead atoms. The average molecular weight is 487 g/mol. The zero-order valence-corrected chi connectivity index (χ0v) is 20.3. The van der Waals surface area contributed by atoms with E-state index < -0.39 is 21.7 Å². The highest BCUT2D eigenvalue weighted by Crippen LogP contribution is 2.43. The van der Waals surface area contributed by atoms with Crippen molar-refractivity contribution in [2.24, 2.45) is 0 Å². The van der Waals surface area contributed by atoms with Crippen molar-refractivity contribution in [3.05, 3.63) is 65.2 Å². The molecule has 0 unspecified atom stereocenters. The van der Waals surface area contributed by atoms with Gasteiger partial charge in [0.2, 0.25) is 9.47 Å². The van der Waals surface area contributed by atoms with E-state index in [1.165, 1.54) is 0 Å². The highest BCUT2D eigenvalue weighted by atomic mass is 32.2. The van der Waals surface area contributed by atoms with Crippen molar-refractivity contribution in [2.75, 3.05) is 5.32 Å². The van der Waals surface area contributed by atoms with Crippen molar-refractivity contribution in [2.45, 2.75) is 56.0 Å². The number of nitrogens with zero attached hydrogens (tertiary/aromatic N) is 2. The summed E-state index contributed by atoms with van der Waals surface area (Å²) in [5.74, 6) is 0.310. The van der Waals surface area contributed by atoms with E-state index in [1.54, 1.807) is 18.2 Å². The van der Waals surface area contributed by atoms with Gasteiger partial charge in [0.1, 0.15) is 11.4 Å². The van der Waals surface area contributed by atoms with Gasteiger partial charge >= 0.3 is 0 Å². The van der Waals surface area contributed by atoms with Gasteiger partial charge in [-0.3, -0.25) is 10.1 Å². The molecular weight excluding hydrogens is 460 g/mol. The van der Waals surface area contributed by atoms with Crippen LogP contribution in [0.1, 0.15) is 60.6 Å². The fraction of sp³-hybridized carbons (Fsp3) is 0.348. The van der Waals surface area contributed by atoms with Crippen LogP contribution in [0.25, 0.3) is 0 Å². The fourth-order valence-corrected chi connectivity index (χ4v) is 6.09. The van der Waals surface area contributed by atoms with Crippen LogP contribution in [-0.2, 0) is 10.0 Å². The summed E-state index contributed by atoms with van der Waals surface area (Å²) < 4.78 is 35.1. The van der Waals surface area contributed by atoms with Crippen LogP contribution in [0.15, 0.2) is 52.9 Å². The number of para-hydroxylation sites is 1. The SMILES string of the molecule is CCC1(CC)C[C@@H](NS(=O)(=O)c2nnc(NC(=O)c3cccc(C)c3)s2)c2ccccc2O1. The third-order valence-electron chi connectivity index (χ3n) is 5.92. The number of amides is 1. The molecule has 1 aliphatic heterocycles. The zero-order valence-electron chi connectivity index (χ0n) is 18.7. The van der Waals surface area contributed by atoms with E-state index in [0.717, 1.165) is 35.3 Å². The molecule has 1 aliphatic rings. The van der Waals surface area contributed by atoms with Crippen molar-refractivity contribution >= 4 is 32.4 Å². The fourth-order valence-electron chi connectivity index (χ4n) is 3.97. The molecule has 1 aromatic heterocycles. The van der Waals surface area contributed by atoms with Gasteiger partial charge in [0.25, 0.3) is 15.9 Å². The highest BCUT2D eigenvalue weighted by Gasteiger charge is 2.40. The second kappa shape index (κ2) is 9.20. The number of aromatic nitrogens is 2. The summed E-state index contributed by atoms with van der Waals surface area (Å²) in [6, 6.07) is 14.1. The molecule has 2 heterocycles. The van der Waals surface area contributed by atoms with Crippen LogP contribution in [0.3, 0.4) is 0 Å². The minimum absolute atomic E-state index is 0.116. The van der Waals surface area contributed by atoms with E-state index in [1.807, 2.05) is 51.1 Å². The summed E-state index contributed by atoms with van der Waals surface area (Å²) in [7, 11) is -3.97. The first kappa shape index (κ1) is 23.3. The number of fused-ring (bicyclic) bond motifs is 1. The second-order valence-corrected chi connectivity index (χ2v) is 11.0. The van der Waals surface area contributed by atoms with Gasteiger partial charge in [-0.25, -0.2) is 13.1 Å². The maximum atomic E-state index is 13.2. The first-order valence-electron chi connectivity index (χ1n) is 10.8. The van der Waals surface area contributed by atoms with E-state index >= 15 is 0 Å². The number of hydrogen-bond acceptors (Lipinski definition) is 7. The van der Waals surface area contributed by atoms with Gasteiger partial charge in [-0.1, -0.05) is 61.1 Å². The number of hydrogen-bond donors (Lipinski definition) is 2. The smallest absolute Gasteiger partial charge is 0.270 e. The van der Waals surface area contributed by atoms with Gasteiger partial charge in [0, 0.05) is 17.5 Å². The minimum Gasteiger partial charge on any atom is -0.487 e. The number of nitrogens with one attached hydrogen (secondary N) is 2. The van der Waals surface area contributed by atoms with Crippen molar-refractivity contribution in [3.8, 4) is 5.75 Å². The predicted molar refractivity (Wildman–Crippen MR) is 127 cm³/mol. The number of carbonyl (C=O) groups is 1. The largest absolute Gasteiger partial charge is 0.487 e. The van der Waals surface area contributed by atoms with Crippen LogP contribution in [0.2, 0.25) is 0 Å². The number of benzene rings is 2. The Hall–Kier alpha value is -2.82. The number of rotatable bonds is 7. The molecule has 0 radical (unpaired) electrons. The molecule has 2 N–H and O–H groups in total. The first-order valence-corrected chi connectivity index (χ1v) is 13.1. The van der Waals surface area contributed by atoms with Crippen LogP contribution in [0.4, 0.5) is 5.13 Å². The Morgan fingerprint density at radius 2 is 1.91 bits per heavy atom. The zero-order chi connectivity index (χ0) is 23.6. The molecule has 3 aromatic rings. The summed E-state index contributed by atoms with van der Waals surface area (Å²) >= 11 is 0.812. The monoisotopic (exact) mass is 486 g/mol. The molecule has 0 spiro atoms. The molecule has 8 nitrogen and oxygen atoms in total. The lowest BCUT2D eigenvalue weighted by atomic mass is 9.84. The molecule has 0 saturated carbocycles. The lowest BCUT2D eigenvalue weighted by molar-refractivity contribution is 0.0260. The topological polar surface area (TPSA) is 110 Å². The normalized spacial score (nSPS) is 17.1. The Morgan fingerprint density at radius 3 is 2.64 bits per heavy atom. The first-order chi connectivity index (χ1) is 15.7. The van der Waals surface area contributed by atoms with Crippen molar-refractivity contribution in [1.29, 1.82) is 0 Å². The number of anilines is 1. The second-order valence-electron chi connectivity index (χ2n) is 8.10. The molecule has 10 heteroatoms. The Labute approximate surface area is 197 Å². The highest BCUT2D eigenvalue weighted by molar-refractivity contribution is 7.91. The Kier molecular flexibility index (Phi) is 6.51. The predicted octanol–water partition coefficient (Wildman–Crippen LogP) is 4.46. The summed E-state index contributed by atoms with van der Waals surface area (Å²) in [6.45, 7) is 5.96. The van der Waals surface area contributed by atoms with E-state index in [4.69, 9.17) is 4.74 Å². The number of carbonyl (C=O) groups excluding carboxylic acids is 1. The van der Waals surface area contributed by atoms with Crippen molar-refractivity contribution < 1.29 is 17.9 Å². The van der Waals surface area contributed by atoms with E-state index in [2.05, 4.69) is 20.2 Å². The average Bonchev–Trinajstić information content (AvgIpc) is 3.28. The summed E-state index contributed by atoms with van der Waals surface area (Å²) in [5, 5.41) is 10.4. The van der Waals surface area contributed by atoms with Gasteiger partial charge in [0.05, 0.1) is 6.04 Å². The lowest BCUT2D eigenvalue weighted by Crippen LogP contribution is -2.44. The number of sulfonamides is 1. The Bertz CT molecular complexity index is 1270. The minimum atomic E-state index is -3.97. The summed E-state index contributed by atoms with van der Waals surface area (Å²) in [5.41, 5.74) is 1.74. The van der Waals surface area contributed by atoms with Crippen molar-refractivity contribution in [3.63, 3.8) is 0 Å². The lowest BCUT2D eigenvalue weighted by Gasteiger charge is -2.41. The molecule has 2 aromatic carbocycles. The van der Waals surface area contributed by atoms with Crippen LogP contribution < -0.4 is 14.8 Å². The van der Waals surface area contributed by atoms with Crippen LogP contribution in [-0.4, -0.2) is 30.1 Å². The Morgan fingerprint density at radius 1 is 1.15 bits per heavy atom. The third kappa shape index (κ3) is 4.92. The van der Waals surface area contributed by atoms with Gasteiger partial charge in [0.15, 0.2) is 0 Å². The van der Waals surface area contributed by atoms with Crippen LogP contribution >= 0.6 is 11.3 Å². The molecule has 4 rings (SSSR count). The number of ether oxygens (including phenoxy) is 1. The van der Waals surface area contributed by atoms with Gasteiger partial charge < -0.3 is 4.74 Å². The molecular formula is C23H26N4O4S2.